The number of halogens is 1. The van der Waals surface area contributed by atoms with Crippen molar-refractivity contribution in [1.29, 1.82) is 0 Å². The highest BCUT2D eigenvalue weighted by atomic mass is 32.2. The Hall–Kier alpha value is -2.57. The van der Waals surface area contributed by atoms with Gasteiger partial charge >= 0.3 is 0 Å². The van der Waals surface area contributed by atoms with Crippen molar-refractivity contribution in [2.45, 2.75) is 18.4 Å². The molecule has 0 amide bonds. The summed E-state index contributed by atoms with van der Waals surface area (Å²) in [5.41, 5.74) is 2.81. The highest BCUT2D eigenvalue weighted by Gasteiger charge is 2.15. The smallest absolute Gasteiger partial charge is 0.240 e. The van der Waals surface area contributed by atoms with E-state index in [-0.39, 0.29) is 17.0 Å². The molecule has 3 aromatic rings. The lowest BCUT2D eigenvalue weighted by atomic mass is 10.0. The number of hydrogen-bond donors (Lipinski definition) is 1. The lowest BCUT2D eigenvalue weighted by Crippen LogP contribution is -2.23. The molecule has 0 fully saturated rings. The molecular formula is C19H17FN2O2S. The van der Waals surface area contributed by atoms with Crippen molar-refractivity contribution in [3.05, 3.63) is 83.9 Å². The molecule has 0 aliphatic carbocycles. The quantitative estimate of drug-likeness (QED) is 0.759. The number of sulfonamides is 1. The molecule has 0 saturated heterocycles. The summed E-state index contributed by atoms with van der Waals surface area (Å²) in [5, 5.41) is 0. The first-order chi connectivity index (χ1) is 12.0. The third kappa shape index (κ3) is 4.10. The molecule has 3 rings (SSSR count). The lowest BCUT2D eigenvalue weighted by molar-refractivity contribution is 0.574. The summed E-state index contributed by atoms with van der Waals surface area (Å²) in [5.74, 6) is -0.454. The SMILES string of the molecule is Cc1cccc(S(=O)(=O)NCc2cc(-c3ccncc3)ccc2F)c1. The maximum absolute atomic E-state index is 14.1. The van der Waals surface area contributed by atoms with E-state index in [0.717, 1.165) is 16.7 Å². The predicted octanol–water partition coefficient (Wildman–Crippen LogP) is 3.67. The second-order valence-corrected chi connectivity index (χ2v) is 7.45. The molecule has 4 nitrogen and oxygen atoms in total. The van der Waals surface area contributed by atoms with Crippen LogP contribution in [0.15, 0.2) is 71.9 Å². The van der Waals surface area contributed by atoms with Gasteiger partial charge in [0.2, 0.25) is 10.0 Å². The fourth-order valence-corrected chi connectivity index (χ4v) is 3.58. The van der Waals surface area contributed by atoms with Crippen LogP contribution in [-0.2, 0) is 16.6 Å². The molecule has 128 valence electrons. The van der Waals surface area contributed by atoms with Gasteiger partial charge in [0.05, 0.1) is 4.90 Å². The van der Waals surface area contributed by atoms with Crippen LogP contribution in [0.2, 0.25) is 0 Å². The van der Waals surface area contributed by atoms with E-state index >= 15 is 0 Å². The van der Waals surface area contributed by atoms with Gasteiger partial charge in [-0.15, -0.1) is 0 Å². The average molecular weight is 356 g/mol. The summed E-state index contributed by atoms with van der Waals surface area (Å²) in [6.45, 7) is 1.69. The van der Waals surface area contributed by atoms with E-state index < -0.39 is 15.8 Å². The molecule has 0 saturated carbocycles. The van der Waals surface area contributed by atoms with Gasteiger partial charge in [0.25, 0.3) is 0 Å². The molecule has 0 aliphatic rings. The molecule has 6 heteroatoms. The number of hydrogen-bond acceptors (Lipinski definition) is 3. The molecule has 0 unspecified atom stereocenters. The number of nitrogens with one attached hydrogen (secondary N) is 1. The first-order valence-corrected chi connectivity index (χ1v) is 9.19. The first-order valence-electron chi connectivity index (χ1n) is 7.71. The van der Waals surface area contributed by atoms with Gasteiger partial charge < -0.3 is 0 Å². The lowest BCUT2D eigenvalue weighted by Gasteiger charge is -2.10. The fraction of sp³-hybridized carbons (Fsp3) is 0.105. The molecule has 2 aromatic carbocycles. The van der Waals surface area contributed by atoms with Crippen LogP contribution < -0.4 is 4.72 Å². The molecule has 0 aliphatic heterocycles. The summed E-state index contributed by atoms with van der Waals surface area (Å²) in [7, 11) is -3.70. The maximum atomic E-state index is 14.1. The molecule has 0 atom stereocenters. The van der Waals surface area contributed by atoms with Crippen molar-refractivity contribution in [2.75, 3.05) is 0 Å². The normalized spacial score (nSPS) is 11.4. The summed E-state index contributed by atoms with van der Waals surface area (Å²) in [6.07, 6.45) is 3.30. The zero-order chi connectivity index (χ0) is 17.9. The number of pyridine rings is 1. The van der Waals surface area contributed by atoms with E-state index in [1.54, 1.807) is 36.7 Å². The molecule has 0 bridgehead atoms. The third-order valence-corrected chi connectivity index (χ3v) is 5.21. The van der Waals surface area contributed by atoms with Crippen molar-refractivity contribution in [3.63, 3.8) is 0 Å². The number of aromatic nitrogens is 1. The van der Waals surface area contributed by atoms with E-state index in [1.807, 2.05) is 25.1 Å². The second-order valence-electron chi connectivity index (χ2n) is 5.68. The van der Waals surface area contributed by atoms with Gasteiger partial charge in [0, 0.05) is 24.5 Å². The average Bonchev–Trinajstić information content (AvgIpc) is 2.62. The Bertz CT molecular complexity index is 989. The van der Waals surface area contributed by atoms with Gasteiger partial charge in [0.1, 0.15) is 5.82 Å². The number of nitrogens with zero attached hydrogens (tertiary/aromatic N) is 1. The van der Waals surface area contributed by atoms with Crippen molar-refractivity contribution in [2.24, 2.45) is 0 Å². The number of aryl methyl sites for hydroxylation is 1. The first kappa shape index (κ1) is 17.3. The van der Waals surface area contributed by atoms with Gasteiger partial charge in [-0.2, -0.15) is 0 Å². The molecule has 1 heterocycles. The maximum Gasteiger partial charge on any atom is 0.240 e. The van der Waals surface area contributed by atoms with E-state index in [0.29, 0.717) is 0 Å². The van der Waals surface area contributed by atoms with Gasteiger partial charge in [0.15, 0.2) is 0 Å². The van der Waals surface area contributed by atoms with E-state index in [4.69, 9.17) is 0 Å². The third-order valence-electron chi connectivity index (χ3n) is 3.81. The monoisotopic (exact) mass is 356 g/mol. The van der Waals surface area contributed by atoms with Crippen molar-refractivity contribution in [1.82, 2.24) is 9.71 Å². The largest absolute Gasteiger partial charge is 0.265 e. The Morgan fingerprint density at radius 3 is 2.48 bits per heavy atom. The minimum atomic E-state index is -3.70. The van der Waals surface area contributed by atoms with Crippen LogP contribution in [0, 0.1) is 12.7 Å². The topological polar surface area (TPSA) is 59.1 Å². The highest BCUT2D eigenvalue weighted by molar-refractivity contribution is 7.89. The van der Waals surface area contributed by atoms with Crippen LogP contribution in [0.5, 0.6) is 0 Å². The van der Waals surface area contributed by atoms with E-state index in [2.05, 4.69) is 9.71 Å². The number of benzene rings is 2. The van der Waals surface area contributed by atoms with Crippen LogP contribution in [0.4, 0.5) is 4.39 Å². The van der Waals surface area contributed by atoms with E-state index in [1.165, 1.54) is 12.1 Å². The summed E-state index contributed by atoms with van der Waals surface area (Å²) < 4.78 is 41.3. The fourth-order valence-electron chi connectivity index (χ4n) is 2.47. The minimum absolute atomic E-state index is 0.124. The zero-order valence-electron chi connectivity index (χ0n) is 13.6. The van der Waals surface area contributed by atoms with Gasteiger partial charge in [-0.25, -0.2) is 17.5 Å². The summed E-state index contributed by atoms with van der Waals surface area (Å²) in [4.78, 5) is 4.12. The Labute approximate surface area is 146 Å². The predicted molar refractivity (Wildman–Crippen MR) is 94.8 cm³/mol. The van der Waals surface area contributed by atoms with Crippen molar-refractivity contribution < 1.29 is 12.8 Å². The minimum Gasteiger partial charge on any atom is -0.265 e. The van der Waals surface area contributed by atoms with Gasteiger partial charge in [-0.05, 0) is 60.0 Å². The second kappa shape index (κ2) is 7.13. The molecule has 1 N–H and O–H groups in total. The Morgan fingerprint density at radius 2 is 1.76 bits per heavy atom. The number of rotatable bonds is 5. The Kier molecular flexibility index (Phi) is 4.92. The van der Waals surface area contributed by atoms with Crippen LogP contribution in [0.1, 0.15) is 11.1 Å². The molecular weight excluding hydrogens is 339 g/mol. The van der Waals surface area contributed by atoms with Crippen molar-refractivity contribution in [3.8, 4) is 11.1 Å². The van der Waals surface area contributed by atoms with Crippen molar-refractivity contribution >= 4 is 10.0 Å². The molecule has 0 radical (unpaired) electrons. The van der Waals surface area contributed by atoms with Gasteiger partial charge in [-0.3, -0.25) is 4.98 Å². The molecule has 25 heavy (non-hydrogen) atoms. The zero-order valence-corrected chi connectivity index (χ0v) is 14.4. The molecule has 1 aromatic heterocycles. The highest BCUT2D eigenvalue weighted by Crippen LogP contribution is 2.22. The van der Waals surface area contributed by atoms with Crippen LogP contribution in [0.3, 0.4) is 0 Å². The Morgan fingerprint density at radius 1 is 1.00 bits per heavy atom. The Balaban J connectivity index is 1.83. The van der Waals surface area contributed by atoms with E-state index in [9.17, 15) is 12.8 Å². The van der Waals surface area contributed by atoms with Crippen LogP contribution in [-0.4, -0.2) is 13.4 Å². The molecule has 0 spiro atoms. The van der Waals surface area contributed by atoms with Crippen LogP contribution >= 0.6 is 0 Å². The van der Waals surface area contributed by atoms with Gasteiger partial charge in [-0.1, -0.05) is 18.2 Å². The summed E-state index contributed by atoms with van der Waals surface area (Å²) >= 11 is 0. The standard InChI is InChI=1S/C19H17FN2O2S/c1-14-3-2-4-18(11-14)25(23,24)22-13-17-12-16(5-6-19(17)20)15-7-9-21-10-8-15/h2-12,22H,13H2,1H3. The summed E-state index contributed by atoms with van der Waals surface area (Å²) in [6, 6.07) is 14.8. The van der Waals surface area contributed by atoms with Crippen LogP contribution in [0.25, 0.3) is 11.1 Å².